The Morgan fingerprint density at radius 2 is 1.74 bits per heavy atom. The summed E-state index contributed by atoms with van der Waals surface area (Å²) in [5.74, 6) is -0.387. The zero-order valence-corrected chi connectivity index (χ0v) is 15.2. The van der Waals surface area contributed by atoms with Crippen LogP contribution in [-0.2, 0) is 9.59 Å². The average molecular weight is 365 g/mol. The molecule has 1 aliphatic rings. The Balaban J connectivity index is 1.50. The highest BCUT2D eigenvalue weighted by molar-refractivity contribution is 6.39. The van der Waals surface area contributed by atoms with Gasteiger partial charge in [-0.15, -0.1) is 0 Å². The van der Waals surface area contributed by atoms with Gasteiger partial charge < -0.3 is 10.6 Å². The van der Waals surface area contributed by atoms with Gasteiger partial charge in [0.1, 0.15) is 6.04 Å². The summed E-state index contributed by atoms with van der Waals surface area (Å²) in [6, 6.07) is 18.4. The van der Waals surface area contributed by atoms with E-state index in [0.29, 0.717) is 12.2 Å². The first kappa shape index (κ1) is 18.4. The number of rotatable bonds is 7. The summed E-state index contributed by atoms with van der Waals surface area (Å²) in [7, 11) is 0. The summed E-state index contributed by atoms with van der Waals surface area (Å²) in [5.41, 5.74) is 4.54. The maximum atomic E-state index is 12.4. The number of nitrogens with zero attached hydrogens (tertiary/aromatic N) is 2. The van der Waals surface area contributed by atoms with Crippen LogP contribution >= 0.6 is 0 Å². The van der Waals surface area contributed by atoms with Crippen molar-refractivity contribution in [3.8, 4) is 0 Å². The molecule has 1 aliphatic heterocycles. The summed E-state index contributed by atoms with van der Waals surface area (Å²) < 4.78 is 0. The molecule has 0 aliphatic carbocycles. The van der Waals surface area contributed by atoms with Gasteiger partial charge in [0.15, 0.2) is 0 Å². The van der Waals surface area contributed by atoms with Crippen molar-refractivity contribution in [1.82, 2.24) is 10.7 Å². The van der Waals surface area contributed by atoms with E-state index in [9.17, 15) is 9.59 Å². The van der Waals surface area contributed by atoms with Crippen molar-refractivity contribution in [2.75, 3.05) is 23.4 Å². The third kappa shape index (κ3) is 4.84. The molecule has 1 atom stereocenters. The number of anilines is 2. The fourth-order valence-corrected chi connectivity index (χ4v) is 2.67. The Bertz CT molecular complexity index is 808. The number of hydrogen-bond acceptors (Lipinski definition) is 5. The zero-order chi connectivity index (χ0) is 19.1. The van der Waals surface area contributed by atoms with Gasteiger partial charge in [-0.3, -0.25) is 15.0 Å². The van der Waals surface area contributed by atoms with Crippen molar-refractivity contribution in [3.05, 3.63) is 60.7 Å². The molecule has 3 rings (SSSR count). The number of carbonyl (C=O) groups excluding carboxylic acids is 2. The number of carbonyl (C=O) groups is 2. The first-order valence-electron chi connectivity index (χ1n) is 8.96. The fourth-order valence-electron chi connectivity index (χ4n) is 2.67. The van der Waals surface area contributed by atoms with Gasteiger partial charge >= 0.3 is 0 Å². The summed E-state index contributed by atoms with van der Waals surface area (Å²) in [4.78, 5) is 28.9. The van der Waals surface area contributed by atoms with E-state index in [1.165, 1.54) is 5.01 Å². The number of hydrogen-bond donors (Lipinski definition) is 3. The maximum absolute atomic E-state index is 12.4. The standard InChI is InChI=1S/C20H23N5O2/c1-15-20(27)25(17-11-6-3-7-12-17)24-18(23-15)19(26)22-14-8-13-21-16-9-4-2-5-10-16/h2-7,9-12,15,21H,8,13-14H2,1H3,(H,22,26)(H,23,24). The molecular formula is C20H23N5O2. The molecule has 7 heteroatoms. The van der Waals surface area contributed by atoms with E-state index in [2.05, 4.69) is 21.1 Å². The molecule has 0 aromatic heterocycles. The highest BCUT2D eigenvalue weighted by Crippen LogP contribution is 2.15. The second kappa shape index (κ2) is 8.84. The first-order valence-corrected chi connectivity index (χ1v) is 8.96. The van der Waals surface area contributed by atoms with Crippen LogP contribution in [0.2, 0.25) is 0 Å². The van der Waals surface area contributed by atoms with Crippen molar-refractivity contribution in [3.63, 3.8) is 0 Å². The normalized spacial score (nSPS) is 16.3. The van der Waals surface area contributed by atoms with Crippen LogP contribution in [0.5, 0.6) is 0 Å². The quantitative estimate of drug-likeness (QED) is 0.655. The van der Waals surface area contributed by atoms with Crippen LogP contribution in [0, 0.1) is 0 Å². The molecule has 0 radical (unpaired) electrons. The van der Waals surface area contributed by atoms with Crippen LogP contribution in [0.15, 0.2) is 65.7 Å². The number of nitrogens with one attached hydrogen (secondary N) is 3. The van der Waals surface area contributed by atoms with Crippen molar-refractivity contribution in [2.24, 2.45) is 4.99 Å². The molecule has 0 spiro atoms. The number of hydrazine groups is 1. The smallest absolute Gasteiger partial charge is 0.288 e. The van der Waals surface area contributed by atoms with Crippen molar-refractivity contribution >= 4 is 29.0 Å². The van der Waals surface area contributed by atoms with E-state index in [1.807, 2.05) is 48.5 Å². The summed E-state index contributed by atoms with van der Waals surface area (Å²) >= 11 is 0. The fraction of sp³-hybridized carbons (Fsp3) is 0.250. The van der Waals surface area contributed by atoms with Crippen molar-refractivity contribution in [2.45, 2.75) is 19.4 Å². The molecule has 2 aromatic rings. The van der Waals surface area contributed by atoms with E-state index in [1.54, 1.807) is 19.1 Å². The molecular weight excluding hydrogens is 342 g/mol. The lowest BCUT2D eigenvalue weighted by Crippen LogP contribution is -2.58. The number of benzene rings is 2. The Morgan fingerprint density at radius 1 is 1.07 bits per heavy atom. The minimum atomic E-state index is -0.619. The molecule has 2 amide bonds. The maximum Gasteiger partial charge on any atom is 0.288 e. The highest BCUT2D eigenvalue weighted by Gasteiger charge is 2.30. The van der Waals surface area contributed by atoms with Crippen LogP contribution in [-0.4, -0.2) is 36.8 Å². The van der Waals surface area contributed by atoms with Gasteiger partial charge in [-0.25, -0.2) is 10.0 Å². The van der Waals surface area contributed by atoms with Crippen LogP contribution in [0.3, 0.4) is 0 Å². The SMILES string of the molecule is CC1N=C(C(=O)NCCCNc2ccccc2)NN(c2ccccc2)C1=O. The van der Waals surface area contributed by atoms with Crippen LogP contribution < -0.4 is 21.1 Å². The van der Waals surface area contributed by atoms with E-state index >= 15 is 0 Å². The Labute approximate surface area is 158 Å². The topological polar surface area (TPSA) is 85.8 Å². The monoisotopic (exact) mass is 365 g/mol. The minimum Gasteiger partial charge on any atom is -0.385 e. The molecule has 1 heterocycles. The second-order valence-corrected chi connectivity index (χ2v) is 6.18. The molecule has 0 bridgehead atoms. The third-order valence-corrected chi connectivity index (χ3v) is 4.09. The summed E-state index contributed by atoms with van der Waals surface area (Å²) in [6.45, 7) is 2.93. The van der Waals surface area contributed by atoms with E-state index in [-0.39, 0.29) is 17.6 Å². The van der Waals surface area contributed by atoms with E-state index in [4.69, 9.17) is 0 Å². The third-order valence-electron chi connectivity index (χ3n) is 4.09. The molecule has 140 valence electrons. The molecule has 1 unspecified atom stereocenters. The molecule has 3 N–H and O–H groups in total. The molecule has 0 saturated carbocycles. The molecule has 2 aromatic carbocycles. The number of aliphatic imine (C=N–C) groups is 1. The molecule has 0 saturated heterocycles. The Hall–Kier alpha value is -3.35. The molecule has 7 nitrogen and oxygen atoms in total. The van der Waals surface area contributed by atoms with E-state index < -0.39 is 6.04 Å². The minimum absolute atomic E-state index is 0.141. The van der Waals surface area contributed by atoms with Crippen LogP contribution in [0.4, 0.5) is 11.4 Å². The van der Waals surface area contributed by atoms with Gasteiger partial charge in [0, 0.05) is 18.8 Å². The van der Waals surface area contributed by atoms with Crippen LogP contribution in [0.25, 0.3) is 0 Å². The number of para-hydroxylation sites is 2. The predicted molar refractivity (Wildman–Crippen MR) is 107 cm³/mol. The van der Waals surface area contributed by atoms with Crippen LogP contribution in [0.1, 0.15) is 13.3 Å². The highest BCUT2D eigenvalue weighted by atomic mass is 16.2. The Kier molecular flexibility index (Phi) is 6.04. The van der Waals surface area contributed by atoms with Gasteiger partial charge in [0.25, 0.3) is 11.8 Å². The van der Waals surface area contributed by atoms with Gasteiger partial charge in [-0.1, -0.05) is 36.4 Å². The summed E-state index contributed by atoms with van der Waals surface area (Å²) in [6.07, 6.45) is 0.769. The van der Waals surface area contributed by atoms with Gasteiger partial charge in [0.05, 0.1) is 5.69 Å². The second-order valence-electron chi connectivity index (χ2n) is 6.18. The lowest BCUT2D eigenvalue weighted by molar-refractivity contribution is -0.120. The van der Waals surface area contributed by atoms with Gasteiger partial charge in [-0.05, 0) is 37.6 Å². The van der Waals surface area contributed by atoms with Gasteiger partial charge in [0.2, 0.25) is 5.84 Å². The van der Waals surface area contributed by atoms with Crippen molar-refractivity contribution in [1.29, 1.82) is 0 Å². The van der Waals surface area contributed by atoms with Crippen molar-refractivity contribution < 1.29 is 9.59 Å². The number of amidine groups is 1. The predicted octanol–water partition coefficient (Wildman–Crippen LogP) is 1.94. The van der Waals surface area contributed by atoms with Gasteiger partial charge in [-0.2, -0.15) is 0 Å². The lowest BCUT2D eigenvalue weighted by Gasteiger charge is -2.30. The largest absolute Gasteiger partial charge is 0.385 e. The Morgan fingerprint density at radius 3 is 2.44 bits per heavy atom. The molecule has 27 heavy (non-hydrogen) atoms. The molecule has 0 fully saturated rings. The first-order chi connectivity index (χ1) is 13.1. The lowest BCUT2D eigenvalue weighted by atomic mass is 10.2. The number of amides is 2. The zero-order valence-electron chi connectivity index (χ0n) is 15.2. The summed E-state index contributed by atoms with van der Waals surface area (Å²) in [5, 5.41) is 7.49. The average Bonchev–Trinajstić information content (AvgIpc) is 2.71. The van der Waals surface area contributed by atoms with E-state index in [0.717, 1.165) is 18.7 Å².